The molecule has 0 bridgehead atoms. The maximum absolute atomic E-state index is 8.86. The quantitative estimate of drug-likeness (QED) is 0.725. The van der Waals surface area contributed by atoms with E-state index in [1.54, 1.807) is 24.6 Å². The molecule has 0 aromatic heterocycles. The van der Waals surface area contributed by atoms with E-state index in [4.69, 9.17) is 29.5 Å². The molecule has 0 saturated carbocycles. The van der Waals surface area contributed by atoms with Crippen LogP contribution in [-0.4, -0.2) is 14.2 Å². The molecule has 0 aliphatic carbocycles. The van der Waals surface area contributed by atoms with Crippen molar-refractivity contribution < 1.29 is 18.9 Å². The Bertz CT molecular complexity index is 821. The second-order valence-corrected chi connectivity index (χ2v) is 5.83. The van der Waals surface area contributed by atoms with Gasteiger partial charge in [0.1, 0.15) is 0 Å². The lowest BCUT2D eigenvalue weighted by atomic mass is 9.87. The molecular weight excluding hydrogens is 332 g/mol. The Morgan fingerprint density at radius 2 is 1.12 bits per heavy atom. The van der Waals surface area contributed by atoms with Crippen LogP contribution in [0.15, 0.2) is 24.3 Å². The van der Waals surface area contributed by atoms with Gasteiger partial charge in [-0.15, -0.1) is 10.5 Å². The zero-order valence-electron chi connectivity index (χ0n) is 15.4. The number of methoxy groups -OCH3 is 2. The fourth-order valence-electron chi connectivity index (χ4n) is 3.03. The first-order chi connectivity index (χ1) is 12.5. The summed E-state index contributed by atoms with van der Waals surface area (Å²) in [5.41, 5.74) is 3.95. The van der Waals surface area contributed by atoms with Gasteiger partial charge in [0.05, 0.1) is 14.2 Å². The van der Waals surface area contributed by atoms with Crippen LogP contribution in [0.4, 0.5) is 0 Å². The van der Waals surface area contributed by atoms with Crippen LogP contribution in [-0.2, 0) is 0 Å². The molecule has 0 aliphatic rings. The Hall–Kier alpha value is -3.38. The summed E-state index contributed by atoms with van der Waals surface area (Å²) in [7, 11) is 3.06. The van der Waals surface area contributed by atoms with Gasteiger partial charge >= 0.3 is 0 Å². The van der Waals surface area contributed by atoms with Gasteiger partial charge in [-0.2, -0.15) is 0 Å². The van der Waals surface area contributed by atoms with Gasteiger partial charge in [-0.05, 0) is 60.4 Å². The van der Waals surface area contributed by atoms with Gasteiger partial charge < -0.3 is 18.9 Å². The molecule has 0 N–H and O–H groups in total. The first-order valence-electron chi connectivity index (χ1n) is 7.95. The maximum atomic E-state index is 8.86. The highest BCUT2D eigenvalue weighted by atomic mass is 16.5. The molecule has 0 amide bonds. The third kappa shape index (κ3) is 3.65. The van der Waals surface area contributed by atoms with E-state index in [0.29, 0.717) is 23.0 Å². The Balaban J connectivity index is 2.57. The zero-order chi connectivity index (χ0) is 19.3. The highest BCUT2D eigenvalue weighted by molar-refractivity contribution is 5.54. The number of rotatable bonds is 6. The summed E-state index contributed by atoms with van der Waals surface area (Å²) < 4.78 is 20.6. The summed E-state index contributed by atoms with van der Waals surface area (Å²) in [6.07, 6.45) is 3.37. The van der Waals surface area contributed by atoms with Gasteiger partial charge in [-0.3, -0.25) is 0 Å². The Kier molecular flexibility index (Phi) is 5.93. The van der Waals surface area contributed by atoms with Gasteiger partial charge in [0.2, 0.25) is 0 Å². The lowest BCUT2D eigenvalue weighted by Gasteiger charge is -2.20. The number of nitrogens with zero attached hydrogens (tertiary/aromatic N) is 2. The Morgan fingerprint density at radius 1 is 0.731 bits per heavy atom. The molecule has 6 nitrogen and oxygen atoms in total. The summed E-state index contributed by atoms with van der Waals surface area (Å²) >= 11 is 0. The number of benzene rings is 2. The monoisotopic (exact) mass is 352 g/mol. The van der Waals surface area contributed by atoms with Crippen molar-refractivity contribution >= 4 is 0 Å². The zero-order valence-corrected chi connectivity index (χ0v) is 15.4. The topological polar surface area (TPSA) is 84.5 Å². The summed E-state index contributed by atoms with van der Waals surface area (Å²) in [4.78, 5) is 0. The molecule has 134 valence electrons. The minimum atomic E-state index is -0.0334. The minimum absolute atomic E-state index is 0.0334. The summed E-state index contributed by atoms with van der Waals surface area (Å²) in [6, 6.07) is 7.28. The highest BCUT2D eigenvalue weighted by Crippen LogP contribution is 2.40. The van der Waals surface area contributed by atoms with Crippen molar-refractivity contribution in [2.75, 3.05) is 14.2 Å². The average Bonchev–Trinajstić information content (AvgIpc) is 2.63. The van der Waals surface area contributed by atoms with Crippen LogP contribution in [0, 0.1) is 36.9 Å². The summed E-state index contributed by atoms with van der Waals surface area (Å²) in [5, 5.41) is 17.7. The molecule has 0 unspecified atom stereocenters. The van der Waals surface area contributed by atoms with Crippen LogP contribution >= 0.6 is 0 Å². The molecule has 0 atom stereocenters. The predicted octanol–water partition coefficient (Wildman–Crippen LogP) is 4.19. The van der Waals surface area contributed by atoms with E-state index in [0.717, 1.165) is 22.3 Å². The van der Waals surface area contributed by atoms with Gasteiger partial charge in [0.25, 0.3) is 12.5 Å². The van der Waals surface area contributed by atoms with E-state index in [9.17, 15) is 0 Å². The van der Waals surface area contributed by atoms with Crippen LogP contribution in [0.2, 0.25) is 0 Å². The van der Waals surface area contributed by atoms with Crippen LogP contribution in [0.5, 0.6) is 23.0 Å². The van der Waals surface area contributed by atoms with Crippen molar-refractivity contribution in [2.45, 2.75) is 26.7 Å². The fraction of sp³-hybridized carbons (Fsp3) is 0.300. The smallest absolute Gasteiger partial charge is 0.292 e. The van der Waals surface area contributed by atoms with Crippen molar-refractivity contribution in [3.8, 4) is 35.5 Å². The van der Waals surface area contributed by atoms with Gasteiger partial charge in [0.15, 0.2) is 23.0 Å². The molecule has 6 heteroatoms. The minimum Gasteiger partial charge on any atom is -0.493 e. The van der Waals surface area contributed by atoms with Crippen molar-refractivity contribution in [1.82, 2.24) is 0 Å². The molecule has 26 heavy (non-hydrogen) atoms. The van der Waals surface area contributed by atoms with Crippen molar-refractivity contribution in [3.63, 3.8) is 0 Å². The molecule has 0 heterocycles. The lowest BCUT2D eigenvalue weighted by molar-refractivity contribution is 0.382. The third-order valence-electron chi connectivity index (χ3n) is 4.35. The van der Waals surface area contributed by atoms with E-state index in [1.807, 2.05) is 32.9 Å². The summed E-state index contributed by atoms with van der Waals surface area (Å²) in [5.74, 6) is 1.69. The van der Waals surface area contributed by atoms with E-state index < -0.39 is 0 Å². The standard InChI is InChI=1S/C20H20N2O4/c1-12-6-17(23-4)19(25-10-21)8-15(12)14(3)16-9-20(26-11-22)18(24-5)7-13(16)2/h6-9,14H,1-5H3. The second-order valence-electron chi connectivity index (χ2n) is 5.83. The summed E-state index contributed by atoms with van der Waals surface area (Å²) in [6.45, 7) is 5.97. The number of ether oxygens (including phenoxy) is 4. The molecule has 0 saturated heterocycles. The van der Waals surface area contributed by atoms with Gasteiger partial charge in [0, 0.05) is 5.92 Å². The highest BCUT2D eigenvalue weighted by Gasteiger charge is 2.20. The molecule has 0 fully saturated rings. The lowest BCUT2D eigenvalue weighted by Crippen LogP contribution is -2.04. The number of aryl methyl sites for hydroxylation is 2. The Labute approximate surface area is 153 Å². The average molecular weight is 352 g/mol. The number of hydrogen-bond donors (Lipinski definition) is 0. The van der Waals surface area contributed by atoms with Crippen LogP contribution in [0.1, 0.15) is 35.1 Å². The molecule has 2 aromatic carbocycles. The Morgan fingerprint density at radius 3 is 1.42 bits per heavy atom. The van der Waals surface area contributed by atoms with Crippen LogP contribution in [0.3, 0.4) is 0 Å². The number of hydrogen-bond acceptors (Lipinski definition) is 6. The van der Waals surface area contributed by atoms with Crippen molar-refractivity contribution in [3.05, 3.63) is 46.5 Å². The van der Waals surface area contributed by atoms with Crippen LogP contribution < -0.4 is 18.9 Å². The first kappa shape index (κ1) is 19.0. The largest absolute Gasteiger partial charge is 0.493 e. The van der Waals surface area contributed by atoms with E-state index in [1.165, 1.54) is 14.2 Å². The second kappa shape index (κ2) is 8.13. The number of nitriles is 2. The molecule has 2 rings (SSSR count). The van der Waals surface area contributed by atoms with Crippen LogP contribution in [0.25, 0.3) is 0 Å². The first-order valence-corrected chi connectivity index (χ1v) is 7.95. The van der Waals surface area contributed by atoms with Crippen molar-refractivity contribution in [1.29, 1.82) is 10.5 Å². The molecule has 0 aliphatic heterocycles. The SMILES string of the molecule is COc1cc(C)c(C(C)c2cc(OC#N)c(OC)cc2C)cc1OC#N. The van der Waals surface area contributed by atoms with Gasteiger partial charge in [-0.1, -0.05) is 6.92 Å². The molecule has 2 aromatic rings. The van der Waals surface area contributed by atoms with Crippen molar-refractivity contribution in [2.24, 2.45) is 0 Å². The van der Waals surface area contributed by atoms with E-state index >= 15 is 0 Å². The van der Waals surface area contributed by atoms with E-state index in [-0.39, 0.29) is 5.92 Å². The van der Waals surface area contributed by atoms with E-state index in [2.05, 4.69) is 0 Å². The maximum Gasteiger partial charge on any atom is 0.292 e. The molecule has 0 spiro atoms. The molecular formula is C20H20N2O4. The predicted molar refractivity (Wildman–Crippen MR) is 95.5 cm³/mol. The fourth-order valence-corrected chi connectivity index (χ4v) is 3.03. The third-order valence-corrected chi connectivity index (χ3v) is 4.35. The molecule has 0 radical (unpaired) electrons. The van der Waals surface area contributed by atoms with Gasteiger partial charge in [-0.25, -0.2) is 0 Å². The normalized spacial score (nSPS) is 10.0.